The molecular weight excluding hydrogens is 442 g/mol. The highest BCUT2D eigenvalue weighted by Crippen LogP contribution is 2.25. The molecule has 1 atom stereocenters. The summed E-state index contributed by atoms with van der Waals surface area (Å²) < 4.78 is 0. The Morgan fingerprint density at radius 3 is 2.27 bits per heavy atom. The third-order valence-corrected chi connectivity index (χ3v) is 5.65. The molecular formula is C24H32ClN5O3. The van der Waals surface area contributed by atoms with Gasteiger partial charge in [-0.1, -0.05) is 48.0 Å². The second-order valence-corrected chi connectivity index (χ2v) is 8.14. The zero-order valence-corrected chi connectivity index (χ0v) is 19.6. The van der Waals surface area contributed by atoms with E-state index < -0.39 is 0 Å². The number of halogens is 1. The normalized spacial score (nSPS) is 15.0. The second-order valence-electron chi connectivity index (χ2n) is 7.71. The Balaban J connectivity index is 0.00000187. The van der Waals surface area contributed by atoms with Crippen molar-refractivity contribution < 1.29 is 14.7 Å². The Labute approximate surface area is 199 Å². The Bertz CT molecular complexity index is 934. The Morgan fingerprint density at radius 2 is 1.70 bits per heavy atom. The molecule has 0 saturated heterocycles. The molecule has 0 aromatic heterocycles. The summed E-state index contributed by atoms with van der Waals surface area (Å²) >= 11 is 6.04. The van der Waals surface area contributed by atoms with Crippen molar-refractivity contribution in [3.05, 3.63) is 81.8 Å². The number of amides is 1. The van der Waals surface area contributed by atoms with E-state index in [0.29, 0.717) is 49.0 Å². The number of nitrogens with two attached hydrogens (primary N) is 2. The first kappa shape index (κ1) is 26.2. The smallest absolute Gasteiger partial charge is 0.273 e. The molecule has 0 radical (unpaired) electrons. The van der Waals surface area contributed by atoms with Gasteiger partial charge in [-0.15, -0.1) is 0 Å². The van der Waals surface area contributed by atoms with Crippen molar-refractivity contribution in [2.24, 2.45) is 11.5 Å². The van der Waals surface area contributed by atoms with Crippen molar-refractivity contribution in [1.29, 1.82) is 0 Å². The number of benzene rings is 2. The first-order valence-corrected chi connectivity index (χ1v) is 11.0. The molecule has 0 bridgehead atoms. The summed E-state index contributed by atoms with van der Waals surface area (Å²) in [4.78, 5) is 24.8. The van der Waals surface area contributed by atoms with Crippen LogP contribution in [0, 0.1) is 0 Å². The van der Waals surface area contributed by atoms with Crippen LogP contribution < -0.4 is 16.8 Å². The molecule has 0 aliphatic carbocycles. The van der Waals surface area contributed by atoms with E-state index in [1.54, 1.807) is 11.9 Å². The molecule has 1 unspecified atom stereocenters. The van der Waals surface area contributed by atoms with E-state index in [2.05, 4.69) is 5.32 Å². The lowest BCUT2D eigenvalue weighted by Crippen LogP contribution is -2.42. The predicted molar refractivity (Wildman–Crippen MR) is 130 cm³/mol. The molecule has 1 amide bonds. The van der Waals surface area contributed by atoms with Gasteiger partial charge >= 0.3 is 0 Å². The van der Waals surface area contributed by atoms with Gasteiger partial charge in [0.25, 0.3) is 5.91 Å². The molecule has 2 aromatic carbocycles. The number of hydrogen-bond donors (Lipinski definition) is 4. The molecule has 1 aliphatic heterocycles. The van der Waals surface area contributed by atoms with Gasteiger partial charge in [-0.05, 0) is 35.2 Å². The maximum atomic E-state index is 13.2. The van der Waals surface area contributed by atoms with Crippen molar-refractivity contribution in [2.75, 3.05) is 20.2 Å². The SMILES string of the molecule is C=O.CN(CCCO)C(=O)C1=C(N)NC(Cc2ccc(CN)cc2)N1Cc1ccc(Cl)cc1. The molecule has 9 heteroatoms. The summed E-state index contributed by atoms with van der Waals surface area (Å²) in [5, 5.41) is 13.1. The van der Waals surface area contributed by atoms with Crippen LogP contribution in [0.1, 0.15) is 23.1 Å². The summed E-state index contributed by atoms with van der Waals surface area (Å²) in [6.07, 6.45) is 0.998. The highest BCUT2D eigenvalue weighted by molar-refractivity contribution is 6.30. The predicted octanol–water partition coefficient (Wildman–Crippen LogP) is 1.56. The van der Waals surface area contributed by atoms with Gasteiger partial charge in [0.2, 0.25) is 0 Å². The molecule has 6 N–H and O–H groups in total. The van der Waals surface area contributed by atoms with E-state index in [9.17, 15) is 4.79 Å². The number of hydrogen-bond acceptors (Lipinski definition) is 7. The molecule has 1 aliphatic rings. The van der Waals surface area contributed by atoms with Crippen LogP contribution in [0.3, 0.4) is 0 Å². The van der Waals surface area contributed by atoms with Crippen LogP contribution in [0.5, 0.6) is 0 Å². The number of aliphatic hydroxyl groups is 1. The lowest BCUT2D eigenvalue weighted by molar-refractivity contribution is -0.127. The fourth-order valence-corrected chi connectivity index (χ4v) is 3.76. The van der Waals surface area contributed by atoms with Crippen LogP contribution in [-0.2, 0) is 29.1 Å². The van der Waals surface area contributed by atoms with Crippen LogP contribution in [0.15, 0.2) is 60.0 Å². The first-order valence-electron chi connectivity index (χ1n) is 10.6. The summed E-state index contributed by atoms with van der Waals surface area (Å²) in [7, 11) is 1.72. The highest BCUT2D eigenvalue weighted by atomic mass is 35.5. The van der Waals surface area contributed by atoms with E-state index in [0.717, 1.165) is 16.7 Å². The third-order valence-electron chi connectivity index (χ3n) is 5.40. The molecule has 178 valence electrons. The molecule has 2 aromatic rings. The average molecular weight is 474 g/mol. The average Bonchev–Trinajstić information content (AvgIpc) is 3.14. The molecule has 33 heavy (non-hydrogen) atoms. The molecule has 0 fully saturated rings. The van der Waals surface area contributed by atoms with Gasteiger partial charge in [-0.3, -0.25) is 4.79 Å². The molecule has 3 rings (SSSR count). The van der Waals surface area contributed by atoms with Gasteiger partial charge in [0.1, 0.15) is 24.5 Å². The monoisotopic (exact) mass is 473 g/mol. The minimum Gasteiger partial charge on any atom is -0.396 e. The summed E-state index contributed by atoms with van der Waals surface area (Å²) in [6, 6.07) is 15.7. The van der Waals surface area contributed by atoms with Crippen molar-refractivity contribution in [2.45, 2.75) is 32.1 Å². The maximum Gasteiger partial charge on any atom is 0.273 e. The zero-order chi connectivity index (χ0) is 24.4. The van der Waals surface area contributed by atoms with Crippen LogP contribution in [-0.4, -0.2) is 54.0 Å². The summed E-state index contributed by atoms with van der Waals surface area (Å²) in [5.41, 5.74) is 15.7. The molecule has 1 heterocycles. The molecule has 0 saturated carbocycles. The van der Waals surface area contributed by atoms with Crippen LogP contribution in [0.2, 0.25) is 5.02 Å². The van der Waals surface area contributed by atoms with Gasteiger partial charge in [-0.2, -0.15) is 0 Å². The van der Waals surface area contributed by atoms with Gasteiger partial charge in [-0.25, -0.2) is 0 Å². The number of nitrogens with zero attached hydrogens (tertiary/aromatic N) is 2. The fraction of sp³-hybridized carbons (Fsp3) is 0.333. The maximum absolute atomic E-state index is 13.2. The minimum absolute atomic E-state index is 0.0281. The molecule has 0 spiro atoms. The van der Waals surface area contributed by atoms with Gasteiger partial charge < -0.3 is 36.5 Å². The Kier molecular flexibility index (Phi) is 10.2. The Hall–Kier alpha value is -3.07. The van der Waals surface area contributed by atoms with Crippen LogP contribution in [0.4, 0.5) is 0 Å². The van der Waals surface area contributed by atoms with Gasteiger partial charge in [0, 0.05) is 44.7 Å². The number of likely N-dealkylation sites (N-methyl/N-ethyl adjacent to an activating group) is 1. The lowest BCUT2D eigenvalue weighted by atomic mass is 10.1. The third kappa shape index (κ3) is 6.95. The largest absolute Gasteiger partial charge is 0.396 e. The topological polar surface area (TPSA) is 125 Å². The van der Waals surface area contributed by atoms with Crippen LogP contribution >= 0.6 is 11.6 Å². The van der Waals surface area contributed by atoms with E-state index in [1.807, 2.05) is 60.2 Å². The fourth-order valence-electron chi connectivity index (χ4n) is 3.64. The number of carbonyl (C=O) groups is 2. The van der Waals surface area contributed by atoms with Crippen molar-refractivity contribution in [3.63, 3.8) is 0 Å². The van der Waals surface area contributed by atoms with Crippen molar-refractivity contribution in [1.82, 2.24) is 15.1 Å². The number of carbonyl (C=O) groups excluding carboxylic acids is 2. The number of nitrogens with one attached hydrogen (secondary N) is 1. The molecule has 8 nitrogen and oxygen atoms in total. The minimum atomic E-state index is -0.176. The van der Waals surface area contributed by atoms with E-state index in [1.165, 1.54) is 0 Å². The lowest BCUT2D eigenvalue weighted by Gasteiger charge is -2.30. The Morgan fingerprint density at radius 1 is 1.12 bits per heavy atom. The number of rotatable bonds is 9. The highest BCUT2D eigenvalue weighted by Gasteiger charge is 2.35. The van der Waals surface area contributed by atoms with Crippen molar-refractivity contribution in [3.8, 4) is 0 Å². The van der Waals surface area contributed by atoms with Crippen LogP contribution in [0.25, 0.3) is 0 Å². The van der Waals surface area contributed by atoms with E-state index >= 15 is 0 Å². The van der Waals surface area contributed by atoms with Crippen molar-refractivity contribution >= 4 is 24.3 Å². The second kappa shape index (κ2) is 12.8. The van der Waals surface area contributed by atoms with Gasteiger partial charge in [0.05, 0.1) is 0 Å². The first-order chi connectivity index (χ1) is 15.9. The van der Waals surface area contributed by atoms with E-state index in [-0.39, 0.29) is 18.7 Å². The van der Waals surface area contributed by atoms with E-state index in [4.69, 9.17) is 33.0 Å². The standard InChI is InChI=1S/C23H30ClN5O2.CH2O/c1-28(11-2-12-30)23(31)21-22(26)27-20(13-16-3-5-17(14-25)6-4-16)29(21)15-18-7-9-19(24)10-8-18;1-2/h3-10,20,27,30H,2,11-15,25-26H2,1H3;1H2. The quantitative estimate of drug-likeness (QED) is 0.435. The summed E-state index contributed by atoms with van der Waals surface area (Å²) in [5.74, 6) is 0.187. The zero-order valence-electron chi connectivity index (χ0n) is 18.8. The summed E-state index contributed by atoms with van der Waals surface area (Å²) in [6.45, 7) is 3.48. The van der Waals surface area contributed by atoms with Gasteiger partial charge in [0.15, 0.2) is 0 Å². The number of aliphatic hydroxyl groups excluding tert-OH is 1.